The van der Waals surface area contributed by atoms with Crippen molar-refractivity contribution in [1.29, 1.82) is 0 Å². The van der Waals surface area contributed by atoms with Crippen molar-refractivity contribution in [3.63, 3.8) is 0 Å². The number of nitrogen functional groups attached to an aromatic ring is 1. The van der Waals surface area contributed by atoms with Crippen LogP contribution in [0.5, 0.6) is 0 Å². The van der Waals surface area contributed by atoms with Crippen molar-refractivity contribution in [2.75, 3.05) is 5.73 Å². The van der Waals surface area contributed by atoms with Gasteiger partial charge in [0, 0.05) is 0 Å². The first-order valence-electron chi connectivity index (χ1n) is 5.69. The fourth-order valence-corrected chi connectivity index (χ4v) is 2.11. The first-order valence-corrected chi connectivity index (χ1v) is 5.69. The Bertz CT molecular complexity index is 603. The summed E-state index contributed by atoms with van der Waals surface area (Å²) in [4.78, 5) is 12.0. The summed E-state index contributed by atoms with van der Waals surface area (Å²) in [5, 5.41) is 28.5. The molecule has 0 unspecified atom stereocenters. The molecule has 1 aliphatic rings. The van der Waals surface area contributed by atoms with E-state index in [4.69, 9.17) is 10.5 Å². The van der Waals surface area contributed by atoms with E-state index in [9.17, 15) is 15.3 Å². The number of aromatic nitrogens is 4. The molecule has 4 atom stereocenters. The lowest BCUT2D eigenvalue weighted by molar-refractivity contribution is -0.128. The molecule has 3 rings (SSSR count). The highest BCUT2D eigenvalue weighted by Crippen LogP contribution is 2.22. The maximum absolute atomic E-state index is 9.73. The fourth-order valence-electron chi connectivity index (χ4n) is 2.11. The molecule has 3 heterocycles. The van der Waals surface area contributed by atoms with Crippen LogP contribution in [0.3, 0.4) is 0 Å². The first kappa shape index (κ1) is 12.2. The maximum atomic E-state index is 9.73. The lowest BCUT2D eigenvalue weighted by atomic mass is 10.1. The van der Waals surface area contributed by atoms with Crippen LogP contribution in [0.4, 0.5) is 5.82 Å². The second-order valence-corrected chi connectivity index (χ2v) is 4.37. The zero-order chi connectivity index (χ0) is 13.6. The minimum absolute atomic E-state index is 0.183. The van der Waals surface area contributed by atoms with Crippen LogP contribution < -0.4 is 5.73 Å². The zero-order valence-electron chi connectivity index (χ0n) is 9.79. The van der Waals surface area contributed by atoms with Crippen LogP contribution in [-0.2, 0) is 11.3 Å². The molecule has 0 saturated carbocycles. The van der Waals surface area contributed by atoms with Crippen LogP contribution in [0.15, 0.2) is 12.7 Å². The Labute approximate surface area is 107 Å². The van der Waals surface area contributed by atoms with Gasteiger partial charge >= 0.3 is 0 Å². The highest BCUT2D eigenvalue weighted by atomic mass is 16.6. The molecule has 2 aromatic heterocycles. The highest BCUT2D eigenvalue weighted by Gasteiger charge is 2.41. The van der Waals surface area contributed by atoms with Crippen molar-refractivity contribution in [1.82, 2.24) is 19.5 Å². The van der Waals surface area contributed by atoms with Crippen LogP contribution in [0.25, 0.3) is 11.2 Å². The van der Waals surface area contributed by atoms with Crippen LogP contribution in [0.2, 0.25) is 0 Å². The SMILES string of the molecule is Nc1ncnc2c1ncn2C[C@H]1O[C@H](O)[C@H](O)[C@@H]1O. The van der Waals surface area contributed by atoms with E-state index in [1.54, 1.807) is 4.57 Å². The lowest BCUT2D eigenvalue weighted by Gasteiger charge is -2.14. The Morgan fingerprint density at radius 3 is 2.68 bits per heavy atom. The Morgan fingerprint density at radius 2 is 2.00 bits per heavy atom. The van der Waals surface area contributed by atoms with Gasteiger partial charge in [-0.05, 0) is 0 Å². The third kappa shape index (κ3) is 1.92. The summed E-state index contributed by atoms with van der Waals surface area (Å²) in [5.74, 6) is 0.261. The van der Waals surface area contributed by atoms with Crippen molar-refractivity contribution in [2.24, 2.45) is 0 Å². The van der Waals surface area contributed by atoms with Gasteiger partial charge < -0.3 is 30.4 Å². The Kier molecular flexibility index (Phi) is 2.82. The first-order chi connectivity index (χ1) is 9.08. The zero-order valence-corrected chi connectivity index (χ0v) is 9.79. The average molecular weight is 267 g/mol. The summed E-state index contributed by atoms with van der Waals surface area (Å²) >= 11 is 0. The van der Waals surface area contributed by atoms with Crippen molar-refractivity contribution >= 4 is 17.0 Å². The smallest absolute Gasteiger partial charge is 0.184 e. The third-order valence-electron chi connectivity index (χ3n) is 3.14. The summed E-state index contributed by atoms with van der Waals surface area (Å²) < 4.78 is 6.69. The van der Waals surface area contributed by atoms with E-state index in [1.807, 2.05) is 0 Å². The van der Waals surface area contributed by atoms with E-state index in [-0.39, 0.29) is 12.4 Å². The second kappa shape index (κ2) is 4.38. The number of imidazole rings is 1. The molecule has 102 valence electrons. The van der Waals surface area contributed by atoms with Gasteiger partial charge in [-0.1, -0.05) is 0 Å². The summed E-state index contributed by atoms with van der Waals surface area (Å²) in [6, 6.07) is 0. The van der Waals surface area contributed by atoms with Gasteiger partial charge in [0.15, 0.2) is 17.8 Å². The summed E-state index contributed by atoms with van der Waals surface area (Å²) in [6.07, 6.45) is -1.84. The average Bonchev–Trinajstić information content (AvgIpc) is 2.90. The number of hydrogen-bond acceptors (Lipinski definition) is 8. The topological polar surface area (TPSA) is 140 Å². The van der Waals surface area contributed by atoms with E-state index in [0.717, 1.165) is 0 Å². The van der Waals surface area contributed by atoms with Crippen LogP contribution in [0, 0.1) is 0 Å². The molecule has 5 N–H and O–H groups in total. The monoisotopic (exact) mass is 267 g/mol. The molecule has 0 spiro atoms. The summed E-state index contributed by atoms with van der Waals surface area (Å²) in [7, 11) is 0. The van der Waals surface area contributed by atoms with Crippen molar-refractivity contribution in [3.05, 3.63) is 12.7 Å². The molecule has 0 radical (unpaired) electrons. The number of fused-ring (bicyclic) bond motifs is 1. The molecule has 0 amide bonds. The highest BCUT2D eigenvalue weighted by molar-refractivity contribution is 5.81. The Hall–Kier alpha value is -1.81. The van der Waals surface area contributed by atoms with E-state index in [0.29, 0.717) is 11.2 Å². The molecular weight excluding hydrogens is 254 g/mol. The quantitative estimate of drug-likeness (QED) is 0.482. The number of hydrogen-bond donors (Lipinski definition) is 4. The van der Waals surface area contributed by atoms with Gasteiger partial charge in [0.25, 0.3) is 0 Å². The minimum Gasteiger partial charge on any atom is -0.387 e. The van der Waals surface area contributed by atoms with E-state index < -0.39 is 24.6 Å². The summed E-state index contributed by atoms with van der Waals surface area (Å²) in [6.45, 7) is 0.183. The van der Waals surface area contributed by atoms with E-state index in [1.165, 1.54) is 12.7 Å². The van der Waals surface area contributed by atoms with Gasteiger partial charge in [0.1, 0.15) is 30.2 Å². The standard InChI is InChI=1S/C10H13N5O4/c11-8-5-9(13-2-12-8)15(3-14-5)1-4-6(16)7(17)10(18)19-4/h2-4,6-7,10,16-18H,1H2,(H2,11,12,13)/t4-,6-,7-,10+/m1/s1. The molecule has 0 aromatic carbocycles. The molecule has 0 bridgehead atoms. The van der Waals surface area contributed by atoms with Crippen molar-refractivity contribution in [3.8, 4) is 0 Å². The number of anilines is 1. The predicted molar refractivity (Wildman–Crippen MR) is 62.6 cm³/mol. The van der Waals surface area contributed by atoms with Gasteiger partial charge in [-0.2, -0.15) is 0 Å². The van der Waals surface area contributed by atoms with Gasteiger partial charge in [-0.3, -0.25) is 0 Å². The van der Waals surface area contributed by atoms with Crippen molar-refractivity contribution < 1.29 is 20.1 Å². The number of aliphatic hydroxyl groups excluding tert-OH is 3. The normalized spacial score (nSPS) is 31.1. The molecule has 9 nitrogen and oxygen atoms in total. The minimum atomic E-state index is -1.39. The number of rotatable bonds is 2. The largest absolute Gasteiger partial charge is 0.387 e. The van der Waals surface area contributed by atoms with Gasteiger partial charge in [0.05, 0.1) is 12.9 Å². The van der Waals surface area contributed by atoms with Crippen LogP contribution in [-0.4, -0.2) is 59.4 Å². The molecule has 1 fully saturated rings. The van der Waals surface area contributed by atoms with Gasteiger partial charge in [-0.15, -0.1) is 0 Å². The van der Waals surface area contributed by atoms with Crippen LogP contribution in [0.1, 0.15) is 0 Å². The molecule has 19 heavy (non-hydrogen) atoms. The number of nitrogens with zero attached hydrogens (tertiary/aromatic N) is 4. The van der Waals surface area contributed by atoms with E-state index >= 15 is 0 Å². The third-order valence-corrected chi connectivity index (χ3v) is 3.14. The lowest BCUT2D eigenvalue weighted by Crippen LogP contribution is -2.34. The molecule has 0 aliphatic carbocycles. The number of nitrogens with two attached hydrogens (primary N) is 1. The molecule has 9 heteroatoms. The summed E-state index contributed by atoms with van der Waals surface area (Å²) in [5.41, 5.74) is 6.62. The Balaban J connectivity index is 1.88. The number of ether oxygens (including phenoxy) is 1. The maximum Gasteiger partial charge on any atom is 0.184 e. The Morgan fingerprint density at radius 1 is 1.21 bits per heavy atom. The second-order valence-electron chi connectivity index (χ2n) is 4.37. The number of aliphatic hydroxyl groups is 3. The van der Waals surface area contributed by atoms with Gasteiger partial charge in [0.2, 0.25) is 0 Å². The van der Waals surface area contributed by atoms with Gasteiger partial charge in [-0.25, -0.2) is 15.0 Å². The molecule has 1 aliphatic heterocycles. The molecule has 2 aromatic rings. The van der Waals surface area contributed by atoms with Crippen LogP contribution >= 0.6 is 0 Å². The predicted octanol–water partition coefficient (Wildman–Crippen LogP) is -2.15. The molecule has 1 saturated heterocycles. The molecular formula is C10H13N5O4. The van der Waals surface area contributed by atoms with Crippen molar-refractivity contribution in [2.45, 2.75) is 31.1 Å². The van der Waals surface area contributed by atoms with E-state index in [2.05, 4.69) is 15.0 Å². The fraction of sp³-hybridized carbons (Fsp3) is 0.500.